The number of methoxy groups -OCH3 is 1. The first-order valence-corrected chi connectivity index (χ1v) is 7.67. The molecule has 1 fully saturated rings. The number of rotatable bonds is 5. The van der Waals surface area contributed by atoms with Crippen molar-refractivity contribution in [1.82, 2.24) is 15.3 Å². The summed E-state index contributed by atoms with van der Waals surface area (Å²) < 4.78 is 5.49. The molecule has 1 aromatic heterocycles. The highest BCUT2D eigenvalue weighted by Gasteiger charge is 2.45. The molecule has 0 amide bonds. The summed E-state index contributed by atoms with van der Waals surface area (Å²) in [6.45, 7) is 2.33. The third-order valence-electron chi connectivity index (χ3n) is 5.03. The van der Waals surface area contributed by atoms with E-state index in [1.54, 1.807) is 13.3 Å². The summed E-state index contributed by atoms with van der Waals surface area (Å²) in [7, 11) is 5.95. The van der Waals surface area contributed by atoms with Gasteiger partial charge in [-0.3, -0.25) is 10.8 Å². The molecule has 2 rings (SSSR count). The van der Waals surface area contributed by atoms with Crippen LogP contribution in [0.15, 0.2) is 18.3 Å². The van der Waals surface area contributed by atoms with Gasteiger partial charge in [-0.1, -0.05) is 6.92 Å². The molecule has 1 aliphatic rings. The fourth-order valence-corrected chi connectivity index (χ4v) is 3.54. The van der Waals surface area contributed by atoms with Crippen LogP contribution in [0.3, 0.4) is 0 Å². The van der Waals surface area contributed by atoms with Gasteiger partial charge in [-0.15, -0.1) is 0 Å². The van der Waals surface area contributed by atoms with Crippen molar-refractivity contribution in [2.24, 2.45) is 11.8 Å². The second-order valence-electron chi connectivity index (χ2n) is 6.37. The SMILES string of the molecule is COc1cccnc1C(NN)C1(N(C)C)CCC(C)CC1. The molecule has 3 N–H and O–H groups in total. The molecule has 118 valence electrons. The fourth-order valence-electron chi connectivity index (χ4n) is 3.54. The lowest BCUT2D eigenvalue weighted by Gasteiger charge is -2.49. The van der Waals surface area contributed by atoms with E-state index in [4.69, 9.17) is 10.6 Å². The van der Waals surface area contributed by atoms with Gasteiger partial charge in [0.1, 0.15) is 11.4 Å². The van der Waals surface area contributed by atoms with Crippen molar-refractivity contribution in [3.8, 4) is 5.75 Å². The minimum atomic E-state index is -0.0452. The summed E-state index contributed by atoms with van der Waals surface area (Å²) >= 11 is 0. The first-order valence-electron chi connectivity index (χ1n) is 7.67. The van der Waals surface area contributed by atoms with Crippen molar-refractivity contribution in [1.29, 1.82) is 0 Å². The molecule has 0 radical (unpaired) electrons. The highest BCUT2D eigenvalue weighted by molar-refractivity contribution is 5.32. The summed E-state index contributed by atoms with van der Waals surface area (Å²) in [5.41, 5.74) is 3.88. The monoisotopic (exact) mass is 292 g/mol. The molecule has 0 spiro atoms. The third-order valence-corrected chi connectivity index (χ3v) is 5.03. The maximum Gasteiger partial charge on any atom is 0.142 e. The zero-order valence-electron chi connectivity index (χ0n) is 13.6. The van der Waals surface area contributed by atoms with E-state index in [1.807, 2.05) is 12.1 Å². The maximum atomic E-state index is 5.94. The van der Waals surface area contributed by atoms with Crippen molar-refractivity contribution in [2.45, 2.75) is 44.2 Å². The Bertz CT molecular complexity index is 455. The molecule has 0 saturated heterocycles. The van der Waals surface area contributed by atoms with E-state index < -0.39 is 0 Å². The van der Waals surface area contributed by atoms with Crippen molar-refractivity contribution < 1.29 is 4.74 Å². The van der Waals surface area contributed by atoms with Gasteiger partial charge in [-0.2, -0.15) is 0 Å². The molecule has 5 heteroatoms. The normalized spacial score (nSPS) is 27.6. The van der Waals surface area contributed by atoms with Gasteiger partial charge in [0.2, 0.25) is 0 Å². The van der Waals surface area contributed by atoms with Crippen LogP contribution in [0.1, 0.15) is 44.3 Å². The Morgan fingerprint density at radius 3 is 2.62 bits per heavy atom. The van der Waals surface area contributed by atoms with Gasteiger partial charge in [-0.25, -0.2) is 5.43 Å². The molecular formula is C16H28N4O. The Labute approximate surface area is 127 Å². The van der Waals surface area contributed by atoms with Gasteiger partial charge in [0.05, 0.1) is 13.2 Å². The van der Waals surface area contributed by atoms with Crippen LogP contribution in [0, 0.1) is 5.92 Å². The lowest BCUT2D eigenvalue weighted by atomic mass is 9.71. The largest absolute Gasteiger partial charge is 0.495 e. The highest BCUT2D eigenvalue weighted by Crippen LogP contribution is 2.44. The summed E-state index contributed by atoms with van der Waals surface area (Å²) in [4.78, 5) is 6.85. The average molecular weight is 292 g/mol. The molecule has 1 aliphatic carbocycles. The zero-order chi connectivity index (χ0) is 15.5. The number of hydrogen-bond acceptors (Lipinski definition) is 5. The Hall–Kier alpha value is -1.17. The number of ether oxygens (including phenoxy) is 1. The molecule has 1 atom stereocenters. The second kappa shape index (κ2) is 6.73. The quantitative estimate of drug-likeness (QED) is 0.643. The minimum Gasteiger partial charge on any atom is -0.495 e. The smallest absolute Gasteiger partial charge is 0.142 e. The Morgan fingerprint density at radius 2 is 2.10 bits per heavy atom. The third kappa shape index (κ3) is 3.05. The van der Waals surface area contributed by atoms with Gasteiger partial charge in [0.15, 0.2) is 0 Å². The summed E-state index contributed by atoms with van der Waals surface area (Å²) in [5, 5.41) is 0. The van der Waals surface area contributed by atoms with Gasteiger partial charge in [-0.05, 0) is 57.8 Å². The molecule has 0 bridgehead atoms. The first-order chi connectivity index (χ1) is 10.0. The topological polar surface area (TPSA) is 63.4 Å². The van der Waals surface area contributed by atoms with Crippen molar-refractivity contribution in [3.05, 3.63) is 24.0 Å². The van der Waals surface area contributed by atoms with Crippen LogP contribution >= 0.6 is 0 Å². The minimum absolute atomic E-state index is 0.0249. The first kappa shape index (κ1) is 16.2. The second-order valence-corrected chi connectivity index (χ2v) is 6.37. The predicted molar refractivity (Wildman–Crippen MR) is 84.9 cm³/mol. The van der Waals surface area contributed by atoms with E-state index >= 15 is 0 Å². The number of pyridine rings is 1. The summed E-state index contributed by atoms with van der Waals surface area (Å²) in [6, 6.07) is 3.79. The van der Waals surface area contributed by atoms with Crippen LogP contribution in [0.4, 0.5) is 0 Å². The molecule has 1 heterocycles. The van der Waals surface area contributed by atoms with Gasteiger partial charge in [0, 0.05) is 11.7 Å². The molecule has 0 aromatic carbocycles. The molecule has 0 aliphatic heterocycles. The van der Waals surface area contributed by atoms with Crippen molar-refractivity contribution in [2.75, 3.05) is 21.2 Å². The fraction of sp³-hybridized carbons (Fsp3) is 0.688. The Balaban J connectivity index is 2.41. The molecule has 1 aromatic rings. The van der Waals surface area contributed by atoms with E-state index in [-0.39, 0.29) is 11.6 Å². The zero-order valence-corrected chi connectivity index (χ0v) is 13.6. The van der Waals surface area contributed by atoms with E-state index in [2.05, 4.69) is 36.3 Å². The molecule has 5 nitrogen and oxygen atoms in total. The Morgan fingerprint density at radius 1 is 1.43 bits per heavy atom. The van der Waals surface area contributed by atoms with E-state index in [9.17, 15) is 0 Å². The number of hydrogen-bond donors (Lipinski definition) is 2. The van der Waals surface area contributed by atoms with E-state index in [0.717, 1.165) is 30.2 Å². The number of nitrogens with one attached hydrogen (secondary N) is 1. The van der Waals surface area contributed by atoms with Gasteiger partial charge < -0.3 is 9.64 Å². The van der Waals surface area contributed by atoms with E-state index in [1.165, 1.54) is 12.8 Å². The number of nitrogens with zero attached hydrogens (tertiary/aromatic N) is 2. The standard InChI is InChI=1S/C16H28N4O/c1-12-7-9-16(10-8-12,20(2)3)15(19-17)14-13(21-4)6-5-11-18-14/h5-6,11-12,15,19H,7-10,17H2,1-4H3. The van der Waals surface area contributed by atoms with Crippen molar-refractivity contribution in [3.63, 3.8) is 0 Å². The summed E-state index contributed by atoms with van der Waals surface area (Å²) in [5.74, 6) is 7.52. The maximum absolute atomic E-state index is 5.94. The van der Waals surface area contributed by atoms with Crippen LogP contribution in [-0.2, 0) is 0 Å². The van der Waals surface area contributed by atoms with Crippen molar-refractivity contribution >= 4 is 0 Å². The number of likely N-dealkylation sites (N-methyl/N-ethyl adjacent to an activating group) is 1. The average Bonchev–Trinajstić information content (AvgIpc) is 2.50. The van der Waals surface area contributed by atoms with Crippen LogP contribution < -0.4 is 16.0 Å². The lowest BCUT2D eigenvalue weighted by molar-refractivity contribution is 0.0404. The van der Waals surface area contributed by atoms with Gasteiger partial charge >= 0.3 is 0 Å². The van der Waals surface area contributed by atoms with Gasteiger partial charge in [0.25, 0.3) is 0 Å². The van der Waals surface area contributed by atoms with E-state index in [0.29, 0.717) is 0 Å². The number of hydrazine groups is 1. The molecule has 21 heavy (non-hydrogen) atoms. The Kier molecular flexibility index (Phi) is 5.19. The molecule has 1 saturated carbocycles. The van der Waals surface area contributed by atoms with Crippen LogP contribution in [-0.4, -0.2) is 36.6 Å². The predicted octanol–water partition coefficient (Wildman–Crippen LogP) is 2.11. The molecule has 1 unspecified atom stereocenters. The number of aromatic nitrogens is 1. The van der Waals surface area contributed by atoms with Crippen LogP contribution in [0.5, 0.6) is 5.75 Å². The highest BCUT2D eigenvalue weighted by atomic mass is 16.5. The number of nitrogens with two attached hydrogens (primary N) is 1. The molecular weight excluding hydrogens is 264 g/mol. The lowest BCUT2D eigenvalue weighted by Crippen LogP contribution is -2.57. The van der Waals surface area contributed by atoms with Crippen LogP contribution in [0.25, 0.3) is 0 Å². The van der Waals surface area contributed by atoms with Crippen LogP contribution in [0.2, 0.25) is 0 Å². The summed E-state index contributed by atoms with van der Waals surface area (Å²) in [6.07, 6.45) is 6.44.